The number of likely N-dealkylation sites (tertiary alicyclic amines) is 1. The summed E-state index contributed by atoms with van der Waals surface area (Å²) >= 11 is 5.72. The summed E-state index contributed by atoms with van der Waals surface area (Å²) in [6.07, 6.45) is 0.468. The Bertz CT molecular complexity index is 1110. The number of piperidine rings is 1. The van der Waals surface area contributed by atoms with Crippen molar-refractivity contribution in [1.82, 2.24) is 4.90 Å². The summed E-state index contributed by atoms with van der Waals surface area (Å²) in [7, 11) is 0. The average molecular weight is 482 g/mol. The molecular formula is C21H18ClF2N3O6. The summed E-state index contributed by atoms with van der Waals surface area (Å²) in [5.41, 5.74) is -0.757. The zero-order chi connectivity index (χ0) is 24.1. The van der Waals surface area contributed by atoms with Gasteiger partial charge in [-0.05, 0) is 37.1 Å². The van der Waals surface area contributed by atoms with E-state index in [9.17, 15) is 33.3 Å². The maximum atomic E-state index is 13.8. The molecule has 174 valence electrons. The minimum atomic E-state index is -0.964. The molecule has 9 nitrogen and oxygen atoms in total. The van der Waals surface area contributed by atoms with Gasteiger partial charge in [0.15, 0.2) is 6.61 Å². The minimum absolute atomic E-state index is 0.0923. The number of nitrogens with one attached hydrogen (secondary N) is 1. The Morgan fingerprint density at radius 2 is 1.85 bits per heavy atom. The monoisotopic (exact) mass is 481 g/mol. The molecule has 2 aromatic carbocycles. The van der Waals surface area contributed by atoms with Crippen molar-refractivity contribution < 1.29 is 32.8 Å². The average Bonchev–Trinajstić information content (AvgIpc) is 2.78. The van der Waals surface area contributed by atoms with Gasteiger partial charge in [0.2, 0.25) is 0 Å². The van der Waals surface area contributed by atoms with Crippen LogP contribution in [0.4, 0.5) is 20.2 Å². The molecule has 12 heteroatoms. The molecule has 2 amide bonds. The van der Waals surface area contributed by atoms with Gasteiger partial charge in [-0.1, -0.05) is 11.6 Å². The molecule has 1 aliphatic rings. The highest BCUT2D eigenvalue weighted by Gasteiger charge is 2.30. The van der Waals surface area contributed by atoms with Gasteiger partial charge in [0.05, 0.1) is 16.4 Å². The fourth-order valence-electron chi connectivity index (χ4n) is 3.35. The smallest absolute Gasteiger partial charge is 0.309 e. The summed E-state index contributed by atoms with van der Waals surface area (Å²) in [5.74, 6) is -4.37. The lowest BCUT2D eigenvalue weighted by Gasteiger charge is -2.31. The number of carbonyl (C=O) groups excluding carboxylic acids is 3. The normalized spacial score (nSPS) is 14.0. The van der Waals surface area contributed by atoms with Crippen molar-refractivity contribution in [2.45, 2.75) is 12.8 Å². The number of nitrogens with zero attached hydrogens (tertiary/aromatic N) is 2. The quantitative estimate of drug-likeness (QED) is 0.383. The Morgan fingerprint density at radius 3 is 2.48 bits per heavy atom. The van der Waals surface area contributed by atoms with Crippen LogP contribution < -0.4 is 5.32 Å². The molecule has 0 atom stereocenters. The molecule has 0 aliphatic carbocycles. The molecule has 1 saturated heterocycles. The fraction of sp³-hybridized carbons (Fsp3) is 0.286. The van der Waals surface area contributed by atoms with Gasteiger partial charge in [-0.3, -0.25) is 24.5 Å². The van der Waals surface area contributed by atoms with Crippen LogP contribution in [0, 0.1) is 27.7 Å². The number of esters is 1. The van der Waals surface area contributed by atoms with Crippen LogP contribution in [-0.2, 0) is 14.3 Å². The van der Waals surface area contributed by atoms with Crippen LogP contribution in [0.3, 0.4) is 0 Å². The molecule has 2 aromatic rings. The van der Waals surface area contributed by atoms with E-state index in [0.717, 1.165) is 18.2 Å². The summed E-state index contributed by atoms with van der Waals surface area (Å²) in [4.78, 5) is 48.5. The predicted molar refractivity (Wildman–Crippen MR) is 113 cm³/mol. The Balaban J connectivity index is 1.49. The van der Waals surface area contributed by atoms with Crippen molar-refractivity contribution in [2.24, 2.45) is 5.92 Å². The van der Waals surface area contributed by atoms with Crippen LogP contribution in [0.25, 0.3) is 0 Å². The number of benzene rings is 2. The Hall–Kier alpha value is -3.60. The van der Waals surface area contributed by atoms with Crippen LogP contribution >= 0.6 is 11.6 Å². The molecule has 0 spiro atoms. The zero-order valence-electron chi connectivity index (χ0n) is 17.1. The fourth-order valence-corrected chi connectivity index (χ4v) is 3.52. The van der Waals surface area contributed by atoms with Crippen molar-refractivity contribution in [2.75, 3.05) is 25.0 Å². The highest BCUT2D eigenvalue weighted by Crippen LogP contribution is 2.28. The molecule has 0 bridgehead atoms. The van der Waals surface area contributed by atoms with Crippen molar-refractivity contribution >= 4 is 40.8 Å². The van der Waals surface area contributed by atoms with E-state index in [0.29, 0.717) is 6.07 Å². The van der Waals surface area contributed by atoms with E-state index in [4.69, 9.17) is 16.3 Å². The molecule has 3 rings (SSSR count). The first-order chi connectivity index (χ1) is 15.7. The minimum Gasteiger partial charge on any atom is -0.455 e. The molecule has 0 aromatic heterocycles. The lowest BCUT2D eigenvalue weighted by molar-refractivity contribution is -0.383. The van der Waals surface area contributed by atoms with E-state index >= 15 is 0 Å². The van der Waals surface area contributed by atoms with Crippen molar-refractivity contribution in [1.29, 1.82) is 0 Å². The number of amides is 2. The van der Waals surface area contributed by atoms with E-state index in [2.05, 4.69) is 5.32 Å². The number of rotatable bonds is 6. The Kier molecular flexibility index (Phi) is 7.54. The maximum Gasteiger partial charge on any atom is 0.309 e. The zero-order valence-corrected chi connectivity index (χ0v) is 17.8. The van der Waals surface area contributed by atoms with Crippen LogP contribution in [0.15, 0.2) is 36.4 Å². The molecule has 0 unspecified atom stereocenters. The predicted octanol–water partition coefficient (Wildman–Crippen LogP) is 3.56. The van der Waals surface area contributed by atoms with Crippen molar-refractivity contribution in [3.8, 4) is 0 Å². The number of nitro groups is 1. The Morgan fingerprint density at radius 1 is 1.15 bits per heavy atom. The molecular weight excluding hydrogens is 464 g/mol. The second-order valence-electron chi connectivity index (χ2n) is 7.27. The van der Waals surface area contributed by atoms with Gasteiger partial charge in [0.25, 0.3) is 17.5 Å². The summed E-state index contributed by atoms with van der Waals surface area (Å²) in [6, 6.07) is 6.39. The first-order valence-corrected chi connectivity index (χ1v) is 10.2. The van der Waals surface area contributed by atoms with E-state index in [1.807, 2.05) is 0 Å². The summed E-state index contributed by atoms with van der Waals surface area (Å²) in [5, 5.41) is 13.5. The first kappa shape index (κ1) is 24.1. The molecule has 33 heavy (non-hydrogen) atoms. The molecule has 1 fully saturated rings. The summed E-state index contributed by atoms with van der Waals surface area (Å²) < 4.78 is 31.9. The van der Waals surface area contributed by atoms with Crippen LogP contribution in [0.2, 0.25) is 5.02 Å². The van der Waals surface area contributed by atoms with Gasteiger partial charge < -0.3 is 15.0 Å². The molecule has 1 N–H and O–H groups in total. The highest BCUT2D eigenvalue weighted by atomic mass is 35.5. The topological polar surface area (TPSA) is 119 Å². The summed E-state index contributed by atoms with van der Waals surface area (Å²) in [6.45, 7) is -0.351. The van der Waals surface area contributed by atoms with Gasteiger partial charge in [-0.25, -0.2) is 8.78 Å². The van der Waals surface area contributed by atoms with Crippen molar-refractivity contribution in [3.63, 3.8) is 0 Å². The number of ether oxygens (including phenoxy) is 1. The van der Waals surface area contributed by atoms with Crippen LogP contribution in [0.5, 0.6) is 0 Å². The van der Waals surface area contributed by atoms with Crippen LogP contribution in [0.1, 0.15) is 23.2 Å². The largest absolute Gasteiger partial charge is 0.455 e. The SMILES string of the molecule is O=C(COC(=O)C1CCN(C(=O)c2ccc(F)cc2F)CC1)Nc1ccc(Cl)cc1[N+](=O)[O-]. The second kappa shape index (κ2) is 10.3. The van der Waals surface area contributed by atoms with E-state index < -0.39 is 52.6 Å². The van der Waals surface area contributed by atoms with E-state index in [1.165, 1.54) is 17.0 Å². The lowest BCUT2D eigenvalue weighted by Crippen LogP contribution is -2.41. The maximum absolute atomic E-state index is 13.8. The third kappa shape index (κ3) is 6.01. The van der Waals surface area contributed by atoms with Gasteiger partial charge in [0, 0.05) is 30.2 Å². The van der Waals surface area contributed by atoms with Crippen LogP contribution in [-0.4, -0.2) is 47.3 Å². The van der Waals surface area contributed by atoms with E-state index in [1.54, 1.807) is 0 Å². The standard InChI is InChI=1S/C21H18ClF2N3O6/c22-13-1-4-17(18(9-13)27(31)32)25-19(28)11-33-21(30)12-5-7-26(8-6-12)20(29)15-3-2-14(23)10-16(15)24/h1-4,9-10,12H,5-8,11H2,(H,25,28). The number of anilines is 1. The highest BCUT2D eigenvalue weighted by molar-refractivity contribution is 6.31. The number of hydrogen-bond acceptors (Lipinski definition) is 6. The van der Waals surface area contributed by atoms with Gasteiger partial charge in [0.1, 0.15) is 17.3 Å². The van der Waals surface area contributed by atoms with Gasteiger partial charge in [-0.15, -0.1) is 0 Å². The lowest BCUT2D eigenvalue weighted by atomic mass is 9.96. The number of hydrogen-bond donors (Lipinski definition) is 1. The van der Waals surface area contributed by atoms with E-state index in [-0.39, 0.29) is 42.2 Å². The molecule has 0 saturated carbocycles. The van der Waals surface area contributed by atoms with Gasteiger partial charge >= 0.3 is 5.97 Å². The number of nitro benzene ring substituents is 1. The molecule has 1 aliphatic heterocycles. The number of halogens is 3. The second-order valence-corrected chi connectivity index (χ2v) is 7.70. The number of carbonyl (C=O) groups is 3. The third-order valence-electron chi connectivity index (χ3n) is 5.05. The Labute approximate surface area is 191 Å². The first-order valence-electron chi connectivity index (χ1n) is 9.80. The molecule has 1 heterocycles. The third-order valence-corrected chi connectivity index (χ3v) is 5.29. The van der Waals surface area contributed by atoms with Crippen molar-refractivity contribution in [3.05, 3.63) is 68.7 Å². The molecule has 0 radical (unpaired) electrons. The van der Waals surface area contributed by atoms with Gasteiger partial charge in [-0.2, -0.15) is 0 Å².